The minimum absolute atomic E-state index is 0.363. The monoisotopic (exact) mass is 250 g/mol. The number of hydrogen-bond acceptors (Lipinski definition) is 3. The van der Waals surface area contributed by atoms with Crippen molar-refractivity contribution >= 4 is 5.95 Å². The second-order valence-electron chi connectivity index (χ2n) is 5.24. The number of nitrogens with two attached hydrogens (primary N) is 1. The Morgan fingerprint density at radius 2 is 2.17 bits per heavy atom. The fourth-order valence-electron chi connectivity index (χ4n) is 2.78. The standard InChI is InChI=1S/C14H26N4/c1-4-11-9-18(8-7-13(11)15)14-16-12(5-2)10-17(14)6-3/h10-11,13H,4-9,15H2,1-3H3. The van der Waals surface area contributed by atoms with Gasteiger partial charge in [0.1, 0.15) is 0 Å². The Hall–Kier alpha value is -1.03. The van der Waals surface area contributed by atoms with E-state index in [-0.39, 0.29) is 0 Å². The maximum atomic E-state index is 6.18. The highest BCUT2D eigenvalue weighted by Crippen LogP contribution is 2.24. The minimum atomic E-state index is 0.363. The largest absolute Gasteiger partial charge is 0.342 e. The van der Waals surface area contributed by atoms with E-state index in [9.17, 15) is 0 Å². The molecule has 0 radical (unpaired) electrons. The van der Waals surface area contributed by atoms with Gasteiger partial charge in [-0.15, -0.1) is 0 Å². The molecule has 1 saturated heterocycles. The predicted molar refractivity (Wildman–Crippen MR) is 75.9 cm³/mol. The molecule has 0 aliphatic carbocycles. The highest BCUT2D eigenvalue weighted by atomic mass is 15.3. The number of rotatable bonds is 4. The van der Waals surface area contributed by atoms with E-state index in [2.05, 4.69) is 36.4 Å². The van der Waals surface area contributed by atoms with E-state index in [1.807, 2.05) is 0 Å². The van der Waals surface area contributed by atoms with Gasteiger partial charge in [0.2, 0.25) is 5.95 Å². The third kappa shape index (κ3) is 2.53. The maximum Gasteiger partial charge on any atom is 0.205 e. The van der Waals surface area contributed by atoms with Gasteiger partial charge in [-0.2, -0.15) is 0 Å². The van der Waals surface area contributed by atoms with Crippen LogP contribution in [0.25, 0.3) is 0 Å². The Kier molecular flexibility index (Phi) is 4.27. The number of aryl methyl sites for hydroxylation is 2. The summed E-state index contributed by atoms with van der Waals surface area (Å²) in [5.74, 6) is 1.74. The van der Waals surface area contributed by atoms with Crippen LogP contribution in [0, 0.1) is 5.92 Å². The van der Waals surface area contributed by atoms with Crippen molar-refractivity contribution in [3.05, 3.63) is 11.9 Å². The van der Waals surface area contributed by atoms with Crippen LogP contribution in [0.15, 0.2) is 6.20 Å². The first-order valence-corrected chi connectivity index (χ1v) is 7.26. The van der Waals surface area contributed by atoms with E-state index < -0.39 is 0 Å². The molecule has 2 N–H and O–H groups in total. The molecule has 0 spiro atoms. The molecular weight excluding hydrogens is 224 g/mol. The number of nitrogens with zero attached hydrogens (tertiary/aromatic N) is 3. The van der Waals surface area contributed by atoms with E-state index >= 15 is 0 Å². The van der Waals surface area contributed by atoms with Gasteiger partial charge in [0.25, 0.3) is 0 Å². The van der Waals surface area contributed by atoms with Gasteiger partial charge in [-0.05, 0) is 25.7 Å². The van der Waals surface area contributed by atoms with Crippen LogP contribution in [-0.4, -0.2) is 28.7 Å². The zero-order valence-corrected chi connectivity index (χ0v) is 11.9. The molecule has 0 saturated carbocycles. The Labute approximate surface area is 110 Å². The number of piperidine rings is 1. The summed E-state index contributed by atoms with van der Waals surface area (Å²) < 4.78 is 2.27. The van der Waals surface area contributed by atoms with Crippen molar-refractivity contribution in [3.8, 4) is 0 Å². The molecule has 4 nitrogen and oxygen atoms in total. The summed E-state index contributed by atoms with van der Waals surface area (Å²) in [6.07, 6.45) is 5.43. The molecule has 2 heterocycles. The summed E-state index contributed by atoms with van der Waals surface area (Å²) in [4.78, 5) is 7.18. The molecule has 0 amide bonds. The van der Waals surface area contributed by atoms with Crippen molar-refractivity contribution in [3.63, 3.8) is 0 Å². The minimum Gasteiger partial charge on any atom is -0.342 e. The van der Waals surface area contributed by atoms with Crippen molar-refractivity contribution < 1.29 is 0 Å². The Morgan fingerprint density at radius 3 is 2.78 bits per heavy atom. The SMILES string of the molecule is CCc1cn(CC)c(N2CCC(N)C(CC)C2)n1. The zero-order valence-electron chi connectivity index (χ0n) is 11.9. The van der Waals surface area contributed by atoms with E-state index in [0.717, 1.165) is 44.8 Å². The van der Waals surface area contributed by atoms with Crippen LogP contribution in [0.3, 0.4) is 0 Å². The topological polar surface area (TPSA) is 47.1 Å². The van der Waals surface area contributed by atoms with Crippen molar-refractivity contribution in [2.45, 2.75) is 52.6 Å². The second kappa shape index (κ2) is 5.74. The summed E-state index contributed by atoms with van der Waals surface area (Å²) >= 11 is 0. The van der Waals surface area contributed by atoms with Crippen molar-refractivity contribution in [2.24, 2.45) is 11.7 Å². The molecule has 2 unspecified atom stereocenters. The summed E-state index contributed by atoms with van der Waals surface area (Å²) in [5.41, 5.74) is 7.37. The fourth-order valence-corrected chi connectivity index (χ4v) is 2.78. The number of anilines is 1. The van der Waals surface area contributed by atoms with E-state index in [4.69, 9.17) is 10.7 Å². The molecule has 1 aliphatic heterocycles. The molecule has 1 fully saturated rings. The molecule has 0 bridgehead atoms. The van der Waals surface area contributed by atoms with E-state index in [0.29, 0.717) is 12.0 Å². The molecule has 2 rings (SSSR count). The summed E-state index contributed by atoms with van der Waals surface area (Å²) in [5, 5.41) is 0. The zero-order chi connectivity index (χ0) is 13.1. The first kappa shape index (κ1) is 13.4. The summed E-state index contributed by atoms with van der Waals surface area (Å²) in [7, 11) is 0. The lowest BCUT2D eigenvalue weighted by Gasteiger charge is -2.37. The van der Waals surface area contributed by atoms with Crippen LogP contribution >= 0.6 is 0 Å². The normalized spacial score (nSPS) is 24.6. The quantitative estimate of drug-likeness (QED) is 0.889. The van der Waals surface area contributed by atoms with Gasteiger partial charge in [-0.25, -0.2) is 4.98 Å². The molecule has 0 aromatic carbocycles. The molecule has 102 valence electrons. The van der Waals surface area contributed by atoms with Gasteiger partial charge >= 0.3 is 0 Å². The lowest BCUT2D eigenvalue weighted by Crippen LogP contribution is -2.47. The van der Waals surface area contributed by atoms with Gasteiger partial charge in [0.05, 0.1) is 5.69 Å². The predicted octanol–water partition coefficient (Wildman–Crippen LogP) is 2.03. The molecule has 1 aromatic rings. The van der Waals surface area contributed by atoms with Crippen molar-refractivity contribution in [2.75, 3.05) is 18.0 Å². The highest BCUT2D eigenvalue weighted by molar-refractivity contribution is 5.35. The Morgan fingerprint density at radius 1 is 1.39 bits per heavy atom. The first-order chi connectivity index (χ1) is 8.69. The first-order valence-electron chi connectivity index (χ1n) is 7.26. The van der Waals surface area contributed by atoms with Crippen molar-refractivity contribution in [1.29, 1.82) is 0 Å². The van der Waals surface area contributed by atoms with Crippen LogP contribution in [0.2, 0.25) is 0 Å². The van der Waals surface area contributed by atoms with Crippen LogP contribution in [-0.2, 0) is 13.0 Å². The molecule has 1 aliphatic rings. The Balaban J connectivity index is 2.18. The average Bonchev–Trinajstić information content (AvgIpc) is 2.82. The summed E-state index contributed by atoms with van der Waals surface area (Å²) in [6.45, 7) is 9.65. The van der Waals surface area contributed by atoms with Gasteiger partial charge in [0.15, 0.2) is 0 Å². The van der Waals surface area contributed by atoms with Gasteiger partial charge in [-0.1, -0.05) is 20.3 Å². The molecular formula is C14H26N4. The molecule has 1 aromatic heterocycles. The summed E-state index contributed by atoms with van der Waals surface area (Å²) in [6, 6.07) is 0.363. The van der Waals surface area contributed by atoms with Crippen LogP contribution < -0.4 is 10.6 Å². The van der Waals surface area contributed by atoms with E-state index in [1.54, 1.807) is 0 Å². The molecule has 18 heavy (non-hydrogen) atoms. The molecule has 2 atom stereocenters. The van der Waals surface area contributed by atoms with Crippen LogP contribution in [0.4, 0.5) is 5.95 Å². The lowest BCUT2D eigenvalue weighted by molar-refractivity contribution is 0.343. The highest BCUT2D eigenvalue weighted by Gasteiger charge is 2.27. The molecule has 4 heteroatoms. The third-order valence-corrected chi connectivity index (χ3v) is 4.11. The third-order valence-electron chi connectivity index (χ3n) is 4.11. The maximum absolute atomic E-state index is 6.18. The van der Waals surface area contributed by atoms with Crippen LogP contribution in [0.1, 0.15) is 39.3 Å². The average molecular weight is 250 g/mol. The number of imidazole rings is 1. The second-order valence-corrected chi connectivity index (χ2v) is 5.24. The Bertz CT molecular complexity index is 385. The number of hydrogen-bond donors (Lipinski definition) is 1. The smallest absolute Gasteiger partial charge is 0.205 e. The van der Waals surface area contributed by atoms with Crippen LogP contribution in [0.5, 0.6) is 0 Å². The number of aromatic nitrogens is 2. The fraction of sp³-hybridized carbons (Fsp3) is 0.786. The van der Waals surface area contributed by atoms with Crippen molar-refractivity contribution in [1.82, 2.24) is 9.55 Å². The van der Waals surface area contributed by atoms with Gasteiger partial charge in [0, 0.05) is 31.9 Å². The van der Waals surface area contributed by atoms with E-state index in [1.165, 1.54) is 5.69 Å². The van der Waals surface area contributed by atoms with Gasteiger partial charge < -0.3 is 15.2 Å². The lowest BCUT2D eigenvalue weighted by atomic mass is 9.91. The van der Waals surface area contributed by atoms with Gasteiger partial charge in [-0.3, -0.25) is 0 Å².